The van der Waals surface area contributed by atoms with Gasteiger partial charge in [-0.3, -0.25) is 4.79 Å². The van der Waals surface area contributed by atoms with Crippen LogP contribution < -0.4 is 5.73 Å². The van der Waals surface area contributed by atoms with E-state index < -0.39 is 0 Å². The summed E-state index contributed by atoms with van der Waals surface area (Å²) in [5, 5.41) is 10.0. The lowest BCUT2D eigenvalue weighted by Crippen LogP contribution is -2.14. The number of thioether (sulfide) groups is 2. The molecule has 9 heteroatoms. The molecule has 2 aromatic heterocycles. The van der Waals surface area contributed by atoms with E-state index in [2.05, 4.69) is 36.9 Å². The number of carbonyl (C=O) groups excluding carboxylic acids is 1. The van der Waals surface area contributed by atoms with Crippen molar-refractivity contribution in [2.45, 2.75) is 42.9 Å². The molecule has 0 aliphatic heterocycles. The van der Waals surface area contributed by atoms with Crippen molar-refractivity contribution in [2.75, 3.05) is 5.75 Å². The van der Waals surface area contributed by atoms with Gasteiger partial charge in [-0.1, -0.05) is 53.9 Å². The van der Waals surface area contributed by atoms with Crippen molar-refractivity contribution >= 4 is 29.4 Å². The van der Waals surface area contributed by atoms with Crippen molar-refractivity contribution in [3.05, 3.63) is 59.2 Å². The molecule has 2 heterocycles. The van der Waals surface area contributed by atoms with Crippen LogP contribution >= 0.6 is 23.5 Å². The third kappa shape index (κ3) is 5.80. The Balaban J connectivity index is 1.75. The summed E-state index contributed by atoms with van der Waals surface area (Å²) in [5.74, 6) is 1.23. The molecule has 0 saturated carbocycles. The lowest BCUT2D eigenvalue weighted by atomic mass is 10.1. The third-order valence-corrected chi connectivity index (χ3v) is 5.73. The molecule has 1 amide bonds. The van der Waals surface area contributed by atoms with Gasteiger partial charge in [-0.25, -0.2) is 9.97 Å². The van der Waals surface area contributed by atoms with Crippen LogP contribution in [0.25, 0.3) is 0 Å². The second kappa shape index (κ2) is 9.70. The number of primary amides is 1. The van der Waals surface area contributed by atoms with Gasteiger partial charge >= 0.3 is 0 Å². The fourth-order valence-corrected chi connectivity index (χ4v) is 4.28. The molecule has 1 aromatic carbocycles. The second-order valence-corrected chi connectivity index (χ2v) is 8.15. The quantitative estimate of drug-likeness (QED) is 0.424. The Kier molecular flexibility index (Phi) is 7.05. The molecule has 3 aromatic rings. The van der Waals surface area contributed by atoms with Crippen LogP contribution in [0.3, 0.4) is 0 Å². The van der Waals surface area contributed by atoms with Crippen LogP contribution in [0.4, 0.5) is 0 Å². The van der Waals surface area contributed by atoms with Crippen molar-refractivity contribution in [1.29, 1.82) is 0 Å². The predicted octanol–water partition coefficient (Wildman–Crippen LogP) is 2.80. The highest BCUT2D eigenvalue weighted by Gasteiger charge is 2.15. The number of carbonyl (C=O) groups is 1. The molecule has 0 aliphatic rings. The van der Waals surface area contributed by atoms with Crippen LogP contribution in [-0.2, 0) is 23.5 Å². The number of hydrogen-bond donors (Lipinski definition) is 1. The Hall–Kier alpha value is -2.39. The van der Waals surface area contributed by atoms with Gasteiger partial charge in [0.05, 0.1) is 11.5 Å². The minimum atomic E-state index is -0.373. The smallest absolute Gasteiger partial charge is 0.227 e. The summed E-state index contributed by atoms with van der Waals surface area (Å²) in [6, 6.07) is 12.2. The van der Waals surface area contributed by atoms with E-state index in [1.165, 1.54) is 29.1 Å². The van der Waals surface area contributed by atoms with Crippen molar-refractivity contribution in [1.82, 2.24) is 24.7 Å². The number of rotatable bonds is 9. The molecular weight excluding hydrogens is 392 g/mol. The molecule has 0 bridgehead atoms. The third-order valence-electron chi connectivity index (χ3n) is 3.90. The number of nitrogens with two attached hydrogens (primary N) is 1. The van der Waals surface area contributed by atoms with E-state index >= 15 is 0 Å². The summed E-state index contributed by atoms with van der Waals surface area (Å²) in [4.78, 5) is 20.1. The van der Waals surface area contributed by atoms with E-state index in [9.17, 15) is 4.79 Å². The number of hydrogen-bond acceptors (Lipinski definition) is 7. The molecule has 146 valence electrons. The van der Waals surface area contributed by atoms with Crippen LogP contribution in [0.5, 0.6) is 0 Å². The lowest BCUT2D eigenvalue weighted by molar-refractivity contribution is -0.115. The number of nitrogens with zero attached hydrogens (tertiary/aromatic N) is 5. The molecule has 0 saturated heterocycles. The van der Waals surface area contributed by atoms with Crippen LogP contribution in [0.15, 0.2) is 46.7 Å². The summed E-state index contributed by atoms with van der Waals surface area (Å²) < 4.78 is 2.05. The molecule has 0 unspecified atom stereocenters. The first-order valence-electron chi connectivity index (χ1n) is 8.83. The van der Waals surface area contributed by atoms with Gasteiger partial charge in [0.25, 0.3) is 0 Å². The van der Waals surface area contributed by atoms with Crippen molar-refractivity contribution in [3.63, 3.8) is 0 Å². The summed E-state index contributed by atoms with van der Waals surface area (Å²) in [5.41, 5.74) is 8.41. The Morgan fingerprint density at radius 1 is 1.07 bits per heavy atom. The zero-order valence-electron chi connectivity index (χ0n) is 15.8. The molecule has 0 spiro atoms. The summed E-state index contributed by atoms with van der Waals surface area (Å²) >= 11 is 2.84. The monoisotopic (exact) mass is 414 g/mol. The van der Waals surface area contributed by atoms with E-state index in [0.717, 1.165) is 35.3 Å². The average Bonchev–Trinajstić information content (AvgIpc) is 3.05. The second-order valence-electron chi connectivity index (χ2n) is 6.26. The lowest BCUT2D eigenvalue weighted by Gasteiger charge is -2.10. The summed E-state index contributed by atoms with van der Waals surface area (Å²) in [7, 11) is 0. The van der Waals surface area contributed by atoms with Crippen LogP contribution in [0, 0.1) is 13.8 Å². The molecule has 3 rings (SSSR count). The molecule has 2 N–H and O–H groups in total. The Labute approximate surface area is 172 Å². The normalized spacial score (nSPS) is 10.9. The van der Waals surface area contributed by atoms with E-state index in [1.54, 1.807) is 0 Å². The first-order chi connectivity index (χ1) is 13.5. The zero-order valence-corrected chi connectivity index (χ0v) is 17.5. The van der Waals surface area contributed by atoms with Crippen molar-refractivity contribution < 1.29 is 4.79 Å². The van der Waals surface area contributed by atoms with Gasteiger partial charge in [0, 0.05) is 17.9 Å². The van der Waals surface area contributed by atoms with Crippen LogP contribution in [0.1, 0.15) is 22.8 Å². The summed E-state index contributed by atoms with van der Waals surface area (Å²) in [6.07, 6.45) is 0.848. The minimum absolute atomic E-state index is 0.177. The molecule has 7 nitrogen and oxygen atoms in total. The topological polar surface area (TPSA) is 99.6 Å². The molecular formula is C19H22N6OS2. The predicted molar refractivity (Wildman–Crippen MR) is 111 cm³/mol. The standard InChI is InChI=1S/C19H22N6OS2/c1-13-10-14(2)22-18(21-13)27-12-17-23-24-19(28-11-16(20)26)25(17)9-8-15-6-4-3-5-7-15/h3-7,10H,8-9,11-12H2,1-2H3,(H2,20,26). The first kappa shape index (κ1) is 20.3. The number of aryl methyl sites for hydroxylation is 3. The van der Waals surface area contributed by atoms with Gasteiger partial charge in [-0.05, 0) is 31.9 Å². The highest BCUT2D eigenvalue weighted by Crippen LogP contribution is 2.23. The van der Waals surface area contributed by atoms with Gasteiger partial charge in [0.15, 0.2) is 10.3 Å². The number of benzene rings is 1. The van der Waals surface area contributed by atoms with Crippen molar-refractivity contribution in [2.24, 2.45) is 5.73 Å². The van der Waals surface area contributed by atoms with Crippen LogP contribution in [0.2, 0.25) is 0 Å². The Morgan fingerprint density at radius 2 is 1.79 bits per heavy atom. The molecule has 0 radical (unpaired) electrons. The Bertz CT molecular complexity index is 925. The van der Waals surface area contributed by atoms with Gasteiger partial charge in [0.2, 0.25) is 5.91 Å². The van der Waals surface area contributed by atoms with Crippen molar-refractivity contribution in [3.8, 4) is 0 Å². The maximum absolute atomic E-state index is 11.2. The fourth-order valence-electron chi connectivity index (χ4n) is 2.67. The van der Waals surface area contributed by atoms with Gasteiger partial charge in [-0.2, -0.15) is 0 Å². The first-order valence-corrected chi connectivity index (χ1v) is 10.8. The van der Waals surface area contributed by atoms with E-state index in [-0.39, 0.29) is 11.7 Å². The minimum Gasteiger partial charge on any atom is -0.369 e. The highest BCUT2D eigenvalue weighted by molar-refractivity contribution is 7.99. The number of aromatic nitrogens is 5. The Morgan fingerprint density at radius 3 is 2.46 bits per heavy atom. The largest absolute Gasteiger partial charge is 0.369 e. The molecule has 0 atom stereocenters. The van der Waals surface area contributed by atoms with E-state index in [0.29, 0.717) is 10.9 Å². The van der Waals surface area contributed by atoms with Gasteiger partial charge in [-0.15, -0.1) is 10.2 Å². The maximum atomic E-state index is 11.2. The highest BCUT2D eigenvalue weighted by atomic mass is 32.2. The molecule has 0 aliphatic carbocycles. The van der Waals surface area contributed by atoms with E-state index in [4.69, 9.17) is 5.73 Å². The SMILES string of the molecule is Cc1cc(C)nc(SCc2nnc(SCC(N)=O)n2CCc2ccccc2)n1. The maximum Gasteiger partial charge on any atom is 0.227 e. The average molecular weight is 415 g/mol. The fraction of sp³-hybridized carbons (Fsp3) is 0.316. The zero-order chi connectivity index (χ0) is 19.9. The molecule has 28 heavy (non-hydrogen) atoms. The van der Waals surface area contributed by atoms with Gasteiger partial charge < -0.3 is 10.3 Å². The van der Waals surface area contributed by atoms with Crippen LogP contribution in [-0.4, -0.2) is 36.4 Å². The van der Waals surface area contributed by atoms with E-state index in [1.807, 2.05) is 38.1 Å². The van der Waals surface area contributed by atoms with Gasteiger partial charge in [0.1, 0.15) is 5.82 Å². The number of amides is 1. The summed E-state index contributed by atoms with van der Waals surface area (Å²) in [6.45, 7) is 4.64. The molecule has 0 fully saturated rings.